The van der Waals surface area contributed by atoms with Crippen molar-refractivity contribution >= 4 is 33.4 Å². The molecular formula is C17H17NO6S2. The highest BCUT2D eigenvalue weighted by Gasteiger charge is 2.20. The van der Waals surface area contributed by atoms with E-state index in [0.29, 0.717) is 35.3 Å². The third-order valence-corrected chi connectivity index (χ3v) is 5.86. The summed E-state index contributed by atoms with van der Waals surface area (Å²) in [5, 5.41) is 9.07. The molecule has 2 aromatic rings. The average molecular weight is 395 g/mol. The number of nitrogens with one attached hydrogen (secondary N) is 1. The SMILES string of the molecule is CSc1cc(C(=O)O)ccc1NS(=O)(=O)c1ccc2c(c1)OCCCO2. The molecule has 7 nitrogen and oxygen atoms in total. The molecule has 0 unspecified atom stereocenters. The standard InChI is InChI=1S/C17H17NO6S2/c1-25-16-9-11(17(19)20)3-5-13(16)18-26(21,22)12-4-6-14-15(10-12)24-8-2-7-23-14/h3-6,9-10,18H,2,7-8H2,1H3,(H,19,20). The Morgan fingerprint density at radius 3 is 2.54 bits per heavy atom. The average Bonchev–Trinajstić information content (AvgIpc) is 2.86. The van der Waals surface area contributed by atoms with Gasteiger partial charge in [-0.3, -0.25) is 4.72 Å². The summed E-state index contributed by atoms with van der Waals surface area (Å²) in [5.74, 6) is -0.175. The number of carbonyl (C=O) groups is 1. The highest BCUT2D eigenvalue weighted by molar-refractivity contribution is 7.99. The Bertz CT molecular complexity index is 942. The Kier molecular flexibility index (Phi) is 5.28. The first-order valence-corrected chi connectivity index (χ1v) is 10.5. The molecule has 0 bridgehead atoms. The van der Waals surface area contributed by atoms with E-state index in [0.717, 1.165) is 6.42 Å². The fraction of sp³-hybridized carbons (Fsp3) is 0.235. The summed E-state index contributed by atoms with van der Waals surface area (Å²) < 4.78 is 39.0. The van der Waals surface area contributed by atoms with Crippen molar-refractivity contribution in [2.45, 2.75) is 16.2 Å². The van der Waals surface area contributed by atoms with Crippen molar-refractivity contribution in [1.82, 2.24) is 0 Å². The summed E-state index contributed by atoms with van der Waals surface area (Å²) in [5.41, 5.74) is 0.405. The molecule has 2 N–H and O–H groups in total. The van der Waals surface area contributed by atoms with E-state index in [1.54, 1.807) is 12.3 Å². The molecular weight excluding hydrogens is 378 g/mol. The number of benzene rings is 2. The van der Waals surface area contributed by atoms with Crippen LogP contribution in [0, 0.1) is 0 Å². The lowest BCUT2D eigenvalue weighted by molar-refractivity contribution is 0.0696. The zero-order valence-electron chi connectivity index (χ0n) is 13.9. The van der Waals surface area contributed by atoms with Crippen molar-refractivity contribution in [2.24, 2.45) is 0 Å². The lowest BCUT2D eigenvalue weighted by Gasteiger charge is -2.14. The number of aromatic carboxylic acids is 1. The molecule has 0 radical (unpaired) electrons. The summed E-state index contributed by atoms with van der Waals surface area (Å²) >= 11 is 1.25. The van der Waals surface area contributed by atoms with Crippen LogP contribution in [-0.2, 0) is 10.0 Å². The van der Waals surface area contributed by atoms with E-state index in [1.807, 2.05) is 0 Å². The minimum atomic E-state index is -3.87. The van der Waals surface area contributed by atoms with Crippen LogP contribution in [0.1, 0.15) is 16.8 Å². The fourth-order valence-corrected chi connectivity index (χ4v) is 4.17. The third-order valence-electron chi connectivity index (χ3n) is 3.72. The quantitative estimate of drug-likeness (QED) is 0.750. The van der Waals surface area contributed by atoms with Gasteiger partial charge in [0.1, 0.15) is 0 Å². The fourth-order valence-electron chi connectivity index (χ4n) is 2.42. The van der Waals surface area contributed by atoms with Crippen LogP contribution in [0.4, 0.5) is 5.69 Å². The number of anilines is 1. The summed E-state index contributed by atoms with van der Waals surface area (Å²) in [6.07, 6.45) is 2.47. The largest absolute Gasteiger partial charge is 0.490 e. The number of sulfonamides is 1. The van der Waals surface area contributed by atoms with Crippen molar-refractivity contribution in [1.29, 1.82) is 0 Å². The van der Waals surface area contributed by atoms with Crippen molar-refractivity contribution in [3.8, 4) is 11.5 Å². The van der Waals surface area contributed by atoms with Crippen molar-refractivity contribution < 1.29 is 27.8 Å². The molecule has 0 saturated carbocycles. The van der Waals surface area contributed by atoms with Crippen LogP contribution >= 0.6 is 11.8 Å². The van der Waals surface area contributed by atoms with Gasteiger partial charge in [0.15, 0.2) is 11.5 Å². The molecule has 1 aliphatic heterocycles. The smallest absolute Gasteiger partial charge is 0.335 e. The molecule has 0 atom stereocenters. The van der Waals surface area contributed by atoms with Gasteiger partial charge in [-0.2, -0.15) is 0 Å². The van der Waals surface area contributed by atoms with Gasteiger partial charge in [-0.25, -0.2) is 13.2 Å². The zero-order chi connectivity index (χ0) is 18.7. The van der Waals surface area contributed by atoms with Crippen LogP contribution in [0.25, 0.3) is 0 Å². The highest BCUT2D eigenvalue weighted by atomic mass is 32.2. The first-order valence-electron chi connectivity index (χ1n) is 7.74. The Morgan fingerprint density at radius 2 is 1.85 bits per heavy atom. The Balaban J connectivity index is 1.92. The minimum absolute atomic E-state index is 0.0381. The maximum atomic E-state index is 12.7. The number of hydrogen-bond acceptors (Lipinski definition) is 6. The molecule has 0 spiro atoms. The summed E-state index contributed by atoms with van der Waals surface area (Å²) in [6, 6.07) is 8.66. The molecule has 0 fully saturated rings. The number of carboxylic acids is 1. The van der Waals surface area contributed by atoms with Crippen molar-refractivity contribution in [3.63, 3.8) is 0 Å². The summed E-state index contributed by atoms with van der Waals surface area (Å²) in [4.78, 5) is 11.6. The maximum Gasteiger partial charge on any atom is 0.335 e. The predicted molar refractivity (Wildman–Crippen MR) is 98.0 cm³/mol. The van der Waals surface area contributed by atoms with Crippen LogP contribution in [0.3, 0.4) is 0 Å². The Morgan fingerprint density at radius 1 is 1.12 bits per heavy atom. The first kappa shape index (κ1) is 18.4. The van der Waals surface area contributed by atoms with Gasteiger partial charge in [0.2, 0.25) is 0 Å². The minimum Gasteiger partial charge on any atom is -0.490 e. The number of carboxylic acid groups (broad SMARTS) is 1. The van der Waals surface area contributed by atoms with Gasteiger partial charge >= 0.3 is 5.97 Å². The zero-order valence-corrected chi connectivity index (χ0v) is 15.5. The molecule has 0 amide bonds. The number of ether oxygens (including phenoxy) is 2. The highest BCUT2D eigenvalue weighted by Crippen LogP contribution is 2.33. The molecule has 3 rings (SSSR count). The Hall–Kier alpha value is -2.39. The molecule has 1 aliphatic rings. The molecule has 9 heteroatoms. The topological polar surface area (TPSA) is 102 Å². The second-order valence-electron chi connectivity index (χ2n) is 5.48. The number of fused-ring (bicyclic) bond motifs is 1. The number of rotatable bonds is 5. The third kappa shape index (κ3) is 3.88. The van der Waals surface area contributed by atoms with Gasteiger partial charge in [-0.1, -0.05) is 0 Å². The maximum absolute atomic E-state index is 12.7. The van der Waals surface area contributed by atoms with Gasteiger partial charge in [0.25, 0.3) is 10.0 Å². The van der Waals surface area contributed by atoms with Crippen LogP contribution in [0.5, 0.6) is 11.5 Å². The monoisotopic (exact) mass is 395 g/mol. The Labute approximate surface area is 155 Å². The van der Waals surface area contributed by atoms with Gasteiger partial charge in [0.05, 0.1) is 29.4 Å². The molecule has 26 heavy (non-hydrogen) atoms. The van der Waals surface area contributed by atoms with Crippen LogP contribution in [0.2, 0.25) is 0 Å². The van der Waals surface area contributed by atoms with E-state index < -0.39 is 16.0 Å². The van der Waals surface area contributed by atoms with Gasteiger partial charge in [0, 0.05) is 17.4 Å². The van der Waals surface area contributed by atoms with E-state index in [-0.39, 0.29) is 10.5 Å². The predicted octanol–water partition coefficient (Wildman–Crippen LogP) is 3.07. The van der Waals surface area contributed by atoms with E-state index in [4.69, 9.17) is 14.6 Å². The summed E-state index contributed by atoms with van der Waals surface area (Å²) in [7, 11) is -3.87. The molecule has 0 aliphatic carbocycles. The molecule has 1 heterocycles. The van der Waals surface area contributed by atoms with Crippen LogP contribution < -0.4 is 14.2 Å². The summed E-state index contributed by atoms with van der Waals surface area (Å²) in [6.45, 7) is 0.974. The lowest BCUT2D eigenvalue weighted by atomic mass is 10.2. The normalized spacial score (nSPS) is 13.7. The van der Waals surface area contributed by atoms with E-state index in [2.05, 4.69) is 4.72 Å². The van der Waals surface area contributed by atoms with Crippen molar-refractivity contribution in [2.75, 3.05) is 24.2 Å². The molecule has 2 aromatic carbocycles. The van der Waals surface area contributed by atoms with E-state index in [9.17, 15) is 13.2 Å². The second-order valence-corrected chi connectivity index (χ2v) is 8.02. The van der Waals surface area contributed by atoms with Crippen molar-refractivity contribution in [3.05, 3.63) is 42.0 Å². The van der Waals surface area contributed by atoms with E-state index in [1.165, 1.54) is 42.1 Å². The van der Waals surface area contributed by atoms with E-state index >= 15 is 0 Å². The molecule has 0 saturated heterocycles. The van der Waals surface area contributed by atoms with Gasteiger partial charge in [-0.05, 0) is 36.6 Å². The molecule has 0 aromatic heterocycles. The molecule has 138 valence electrons. The van der Waals surface area contributed by atoms with Crippen LogP contribution in [-0.4, -0.2) is 39.0 Å². The van der Waals surface area contributed by atoms with Crippen LogP contribution in [0.15, 0.2) is 46.2 Å². The second kappa shape index (κ2) is 7.46. The lowest BCUT2D eigenvalue weighted by Crippen LogP contribution is -2.14. The van der Waals surface area contributed by atoms with Gasteiger partial charge < -0.3 is 14.6 Å². The van der Waals surface area contributed by atoms with Gasteiger partial charge in [-0.15, -0.1) is 11.8 Å². The number of thioether (sulfide) groups is 1. The number of hydrogen-bond donors (Lipinski definition) is 2. The first-order chi connectivity index (χ1) is 12.4.